The number of hydrogen-bond donors (Lipinski definition) is 3. The first-order valence-electron chi connectivity index (χ1n) is 12.9. The Kier molecular flexibility index (Phi) is 9.78. The number of likely N-dealkylation sites (tertiary alicyclic amines) is 1. The van der Waals surface area contributed by atoms with Crippen LogP contribution >= 0.6 is 11.8 Å². The molecule has 0 bridgehead atoms. The van der Waals surface area contributed by atoms with E-state index in [-0.39, 0.29) is 30.8 Å². The molecule has 1 fully saturated rings. The molecule has 2 atom stereocenters. The molecule has 0 spiro atoms. The average molecular weight is 538 g/mol. The van der Waals surface area contributed by atoms with Gasteiger partial charge in [-0.2, -0.15) is 11.8 Å². The lowest BCUT2D eigenvalue weighted by molar-refractivity contribution is -0.142. The molecule has 10 heteroatoms. The van der Waals surface area contributed by atoms with Gasteiger partial charge in [-0.1, -0.05) is 42.5 Å². The third-order valence-electron chi connectivity index (χ3n) is 6.95. The fourth-order valence-corrected chi connectivity index (χ4v) is 5.56. The fraction of sp³-hybridized carbons (Fsp3) is 0.429. The third kappa shape index (κ3) is 7.35. The van der Waals surface area contributed by atoms with E-state index in [2.05, 4.69) is 39.6 Å². The van der Waals surface area contributed by atoms with Gasteiger partial charge in [0.25, 0.3) is 0 Å². The summed E-state index contributed by atoms with van der Waals surface area (Å²) in [7, 11) is 0. The van der Waals surface area contributed by atoms with E-state index in [0.29, 0.717) is 31.8 Å². The second kappa shape index (κ2) is 13.4. The van der Waals surface area contributed by atoms with Gasteiger partial charge in [0.1, 0.15) is 6.04 Å². The molecule has 1 unspecified atom stereocenters. The molecule has 1 aromatic heterocycles. The van der Waals surface area contributed by atoms with Crippen LogP contribution in [0.5, 0.6) is 0 Å². The van der Waals surface area contributed by atoms with Crippen LogP contribution in [0.1, 0.15) is 30.5 Å². The second-order valence-corrected chi connectivity index (χ2v) is 10.7. The lowest BCUT2D eigenvalue weighted by Gasteiger charge is -2.31. The largest absolute Gasteiger partial charge is 0.480 e. The molecule has 2 aromatic carbocycles. The smallest absolute Gasteiger partial charge is 0.326 e. The highest BCUT2D eigenvalue weighted by Crippen LogP contribution is 2.23. The lowest BCUT2D eigenvalue weighted by atomic mass is 10.0. The van der Waals surface area contributed by atoms with E-state index in [1.807, 2.05) is 34.3 Å². The molecule has 4 rings (SSSR count). The van der Waals surface area contributed by atoms with Crippen molar-refractivity contribution in [2.45, 2.75) is 44.3 Å². The molecule has 0 radical (unpaired) electrons. The van der Waals surface area contributed by atoms with Crippen LogP contribution in [-0.4, -0.2) is 86.4 Å². The summed E-state index contributed by atoms with van der Waals surface area (Å²) in [5.41, 5.74) is 1.86. The number of hydrogen-bond acceptors (Lipinski definition) is 6. The van der Waals surface area contributed by atoms with Gasteiger partial charge in [-0.25, -0.2) is 9.78 Å². The predicted molar refractivity (Wildman–Crippen MR) is 149 cm³/mol. The Hall–Kier alpha value is -3.37. The summed E-state index contributed by atoms with van der Waals surface area (Å²) in [4.78, 5) is 48.8. The van der Waals surface area contributed by atoms with Gasteiger partial charge in [0.05, 0.1) is 19.3 Å². The third-order valence-corrected chi connectivity index (χ3v) is 7.59. The number of benzene rings is 2. The van der Waals surface area contributed by atoms with Crippen LogP contribution < -0.4 is 5.32 Å². The van der Waals surface area contributed by atoms with E-state index >= 15 is 0 Å². The van der Waals surface area contributed by atoms with Gasteiger partial charge in [0.15, 0.2) is 0 Å². The number of aliphatic carboxylic acids is 1. The highest BCUT2D eigenvalue weighted by Gasteiger charge is 2.31. The van der Waals surface area contributed by atoms with Gasteiger partial charge in [-0.05, 0) is 47.6 Å². The number of carboxylic acid groups (broad SMARTS) is 1. The molecule has 2 heterocycles. The topological polar surface area (TPSA) is 119 Å². The van der Waals surface area contributed by atoms with Crippen molar-refractivity contribution in [2.24, 2.45) is 0 Å². The maximum atomic E-state index is 13.1. The summed E-state index contributed by atoms with van der Waals surface area (Å²) < 4.78 is 0. The maximum absolute atomic E-state index is 13.1. The van der Waals surface area contributed by atoms with Crippen molar-refractivity contribution in [3.05, 3.63) is 66.2 Å². The SMILES string of the molecule is CSCC[C@H](NC(=O)CN(Cc1cccc2ccccc12)CC1CCCN1C(=O)Cc1cnc[nH]1)C(=O)O. The first-order chi connectivity index (χ1) is 18.4. The van der Waals surface area contributed by atoms with Crippen molar-refractivity contribution in [1.29, 1.82) is 0 Å². The molecule has 3 N–H and O–H groups in total. The minimum atomic E-state index is -1.03. The van der Waals surface area contributed by atoms with Crippen LogP contribution in [0.3, 0.4) is 0 Å². The Morgan fingerprint density at radius 1 is 1.24 bits per heavy atom. The van der Waals surface area contributed by atoms with Gasteiger partial charge in [0.2, 0.25) is 11.8 Å². The molecule has 38 heavy (non-hydrogen) atoms. The molecule has 0 aliphatic carbocycles. The van der Waals surface area contributed by atoms with Crippen LogP contribution in [-0.2, 0) is 27.3 Å². The predicted octanol–water partition coefficient (Wildman–Crippen LogP) is 2.92. The summed E-state index contributed by atoms with van der Waals surface area (Å²) in [5.74, 6) is -0.673. The van der Waals surface area contributed by atoms with Crippen molar-refractivity contribution in [2.75, 3.05) is 31.6 Å². The van der Waals surface area contributed by atoms with Crippen LogP contribution in [0, 0.1) is 0 Å². The van der Waals surface area contributed by atoms with Crippen molar-refractivity contribution in [3.63, 3.8) is 0 Å². The normalized spacial score (nSPS) is 16.2. The zero-order chi connectivity index (χ0) is 26.9. The number of aromatic amines is 1. The average Bonchev–Trinajstić information content (AvgIpc) is 3.59. The number of carboxylic acids is 1. The molecular formula is C28H35N5O4S. The monoisotopic (exact) mass is 537 g/mol. The van der Waals surface area contributed by atoms with Gasteiger partial charge in [0, 0.05) is 37.6 Å². The first-order valence-corrected chi connectivity index (χ1v) is 14.3. The van der Waals surface area contributed by atoms with Crippen LogP contribution in [0.2, 0.25) is 0 Å². The molecular weight excluding hydrogens is 502 g/mol. The van der Waals surface area contributed by atoms with Crippen molar-refractivity contribution < 1.29 is 19.5 Å². The molecule has 1 aliphatic rings. The van der Waals surface area contributed by atoms with E-state index in [1.54, 1.807) is 24.3 Å². The van der Waals surface area contributed by atoms with E-state index in [1.165, 1.54) is 0 Å². The first kappa shape index (κ1) is 27.7. The van der Waals surface area contributed by atoms with E-state index in [4.69, 9.17) is 0 Å². The number of rotatable bonds is 13. The number of carbonyl (C=O) groups excluding carboxylic acids is 2. The fourth-order valence-electron chi connectivity index (χ4n) is 5.09. The Morgan fingerprint density at radius 2 is 2.05 bits per heavy atom. The van der Waals surface area contributed by atoms with Gasteiger partial charge >= 0.3 is 5.97 Å². The molecule has 0 saturated carbocycles. The van der Waals surface area contributed by atoms with Crippen LogP contribution in [0.15, 0.2) is 55.0 Å². The minimum absolute atomic E-state index is 0.0278. The molecule has 1 saturated heterocycles. The number of aromatic nitrogens is 2. The van der Waals surface area contributed by atoms with E-state index in [9.17, 15) is 19.5 Å². The van der Waals surface area contributed by atoms with Gasteiger partial charge < -0.3 is 20.3 Å². The highest BCUT2D eigenvalue weighted by molar-refractivity contribution is 7.98. The summed E-state index contributed by atoms with van der Waals surface area (Å²) in [5, 5.41) is 14.5. The molecule has 202 valence electrons. The maximum Gasteiger partial charge on any atom is 0.326 e. The quantitative estimate of drug-likeness (QED) is 0.307. The molecule has 3 aromatic rings. The second-order valence-electron chi connectivity index (χ2n) is 9.68. The number of nitrogens with one attached hydrogen (secondary N) is 2. The zero-order valence-electron chi connectivity index (χ0n) is 21.6. The van der Waals surface area contributed by atoms with E-state index < -0.39 is 12.0 Å². The van der Waals surface area contributed by atoms with Crippen LogP contribution in [0.4, 0.5) is 0 Å². The lowest BCUT2D eigenvalue weighted by Crippen LogP contribution is -2.49. The summed E-state index contributed by atoms with van der Waals surface area (Å²) >= 11 is 1.55. The number of fused-ring (bicyclic) bond motifs is 1. The summed E-state index contributed by atoms with van der Waals surface area (Å²) in [6.07, 6.45) is 7.53. The number of nitrogens with zero attached hydrogens (tertiary/aromatic N) is 3. The molecule has 2 amide bonds. The Bertz CT molecular complexity index is 1230. The Balaban J connectivity index is 1.51. The van der Waals surface area contributed by atoms with Crippen LogP contribution in [0.25, 0.3) is 10.8 Å². The Morgan fingerprint density at radius 3 is 2.82 bits per heavy atom. The molecule has 1 aliphatic heterocycles. The summed E-state index contributed by atoms with van der Waals surface area (Å²) in [6.45, 7) is 1.76. The molecule has 9 nitrogen and oxygen atoms in total. The number of carbonyl (C=O) groups is 3. The van der Waals surface area contributed by atoms with Gasteiger partial charge in [-0.3, -0.25) is 14.5 Å². The number of amides is 2. The standard InChI is InChI=1S/C28H35N5O4S/c1-38-13-11-25(28(36)37)31-26(34)18-32(16-21-8-4-7-20-6-2-3-10-24(20)21)17-23-9-5-12-33(23)27(35)14-22-15-29-19-30-22/h2-4,6-8,10,15,19,23,25H,5,9,11-14,16-18H2,1H3,(H,29,30)(H,31,34)(H,36,37)/t23?,25-/m0/s1. The van der Waals surface area contributed by atoms with E-state index in [0.717, 1.165) is 34.9 Å². The number of thioether (sulfide) groups is 1. The summed E-state index contributed by atoms with van der Waals surface area (Å²) in [6, 6.07) is 13.3. The van der Waals surface area contributed by atoms with Crippen molar-refractivity contribution in [3.8, 4) is 0 Å². The number of imidazole rings is 1. The van der Waals surface area contributed by atoms with Crippen molar-refractivity contribution in [1.82, 2.24) is 25.1 Å². The Labute approximate surface area is 227 Å². The zero-order valence-corrected chi connectivity index (χ0v) is 22.5. The van der Waals surface area contributed by atoms with Crippen molar-refractivity contribution >= 4 is 40.3 Å². The van der Waals surface area contributed by atoms with Gasteiger partial charge in [-0.15, -0.1) is 0 Å². The minimum Gasteiger partial charge on any atom is -0.480 e. The highest BCUT2D eigenvalue weighted by atomic mass is 32.2. The number of H-pyrrole nitrogens is 1.